The number of hydrogen-bond acceptors (Lipinski definition) is 8. The topological polar surface area (TPSA) is 168 Å². The normalized spacial score (nSPS) is 41.9. The molecule has 0 amide bonds. The van der Waals surface area contributed by atoms with Gasteiger partial charge in [-0.25, -0.2) is 4.79 Å². The number of carboxylic acids is 1. The third-order valence-corrected chi connectivity index (χ3v) is 2.54. The first-order chi connectivity index (χ1) is 7.77. The molecular weight excluding hydrogens is 240 g/mol. The fraction of sp³-hybridized carbons (Fsp3) is 0.875. The number of carbonyl (C=O) groups is 1. The van der Waals surface area contributed by atoms with Crippen molar-refractivity contribution in [2.45, 2.75) is 42.9 Å². The Kier molecular flexibility index (Phi) is 4.38. The highest BCUT2D eigenvalue weighted by atomic mass is 16.6. The van der Waals surface area contributed by atoms with E-state index in [0.717, 1.165) is 0 Å². The van der Waals surface area contributed by atoms with E-state index in [0.29, 0.717) is 0 Å². The highest BCUT2D eigenvalue weighted by Gasteiger charge is 2.48. The lowest BCUT2D eigenvalue weighted by molar-refractivity contribution is -0.302. The van der Waals surface area contributed by atoms with Crippen molar-refractivity contribution in [2.75, 3.05) is 0 Å². The number of aliphatic hydroxyl groups excluding tert-OH is 6. The Balaban J connectivity index is 2.80. The number of aliphatic carboxylic acids is 1. The Hall–Kier alpha value is -0.810. The van der Waals surface area contributed by atoms with Crippen molar-refractivity contribution in [1.82, 2.24) is 0 Å². The predicted molar refractivity (Wildman–Crippen MR) is 48.5 cm³/mol. The minimum absolute atomic E-state index is 1.74. The predicted octanol–water partition coefficient (Wildman–Crippen LogP) is -4.41. The zero-order valence-electron chi connectivity index (χ0n) is 8.49. The van der Waals surface area contributed by atoms with Gasteiger partial charge in [-0.1, -0.05) is 0 Å². The van der Waals surface area contributed by atoms with Gasteiger partial charge in [0.1, 0.15) is 30.5 Å². The third kappa shape index (κ3) is 2.72. The number of carboxylic acid groups (broad SMARTS) is 1. The van der Waals surface area contributed by atoms with Crippen molar-refractivity contribution in [2.24, 2.45) is 0 Å². The molecule has 7 N–H and O–H groups in total. The summed E-state index contributed by atoms with van der Waals surface area (Å²) >= 11 is 0. The molecule has 1 aliphatic heterocycles. The molecule has 1 saturated heterocycles. The van der Waals surface area contributed by atoms with Crippen LogP contribution in [0.1, 0.15) is 0 Å². The van der Waals surface area contributed by atoms with E-state index in [9.17, 15) is 20.1 Å². The summed E-state index contributed by atoms with van der Waals surface area (Å²) in [6.45, 7) is 0. The van der Waals surface area contributed by atoms with Crippen LogP contribution in [0.5, 0.6) is 0 Å². The van der Waals surface area contributed by atoms with Crippen LogP contribution in [0.2, 0.25) is 0 Å². The van der Waals surface area contributed by atoms with Crippen LogP contribution < -0.4 is 0 Å². The molecule has 7 atom stereocenters. The van der Waals surface area contributed by atoms with Crippen molar-refractivity contribution in [3.05, 3.63) is 0 Å². The number of hydrogen-bond donors (Lipinski definition) is 7. The first-order valence-corrected chi connectivity index (χ1v) is 4.74. The van der Waals surface area contributed by atoms with Gasteiger partial charge >= 0.3 is 5.97 Å². The molecule has 1 rings (SSSR count). The molecule has 0 saturated carbocycles. The SMILES string of the molecule is O=C(O)[C@H](O)[C@@H](O)[C@H]1OC(O)[C@@H](O)[C@@H](O)[C@@H]1O. The molecule has 9 heteroatoms. The largest absolute Gasteiger partial charge is 0.479 e. The fourth-order valence-corrected chi connectivity index (χ4v) is 1.50. The van der Waals surface area contributed by atoms with Gasteiger partial charge in [-0.15, -0.1) is 0 Å². The summed E-state index contributed by atoms with van der Waals surface area (Å²) in [6, 6.07) is 0. The highest BCUT2D eigenvalue weighted by molar-refractivity contribution is 5.72. The molecular formula is C8H14O9. The highest BCUT2D eigenvalue weighted by Crippen LogP contribution is 2.23. The van der Waals surface area contributed by atoms with Gasteiger partial charge in [-0.3, -0.25) is 0 Å². The summed E-state index contributed by atoms with van der Waals surface area (Å²) in [6.07, 6.45) is -13.5. The Morgan fingerprint density at radius 1 is 1.00 bits per heavy atom. The maximum absolute atomic E-state index is 10.4. The quantitative estimate of drug-likeness (QED) is 0.263. The third-order valence-electron chi connectivity index (χ3n) is 2.54. The van der Waals surface area contributed by atoms with E-state index in [2.05, 4.69) is 4.74 Å². The maximum Gasteiger partial charge on any atom is 0.335 e. The molecule has 0 aromatic heterocycles. The second kappa shape index (κ2) is 5.23. The molecule has 100 valence electrons. The van der Waals surface area contributed by atoms with Gasteiger partial charge in [0.2, 0.25) is 0 Å². The van der Waals surface area contributed by atoms with E-state index in [1.807, 2.05) is 0 Å². The van der Waals surface area contributed by atoms with Crippen LogP contribution in [0.15, 0.2) is 0 Å². The minimum Gasteiger partial charge on any atom is -0.479 e. The zero-order valence-corrected chi connectivity index (χ0v) is 8.49. The number of aliphatic hydroxyl groups is 6. The lowest BCUT2D eigenvalue weighted by atomic mass is 9.93. The van der Waals surface area contributed by atoms with E-state index in [1.54, 1.807) is 0 Å². The van der Waals surface area contributed by atoms with Gasteiger partial charge in [-0.05, 0) is 0 Å². The van der Waals surface area contributed by atoms with Crippen LogP contribution >= 0.6 is 0 Å². The van der Waals surface area contributed by atoms with E-state index in [1.165, 1.54) is 0 Å². The molecule has 0 radical (unpaired) electrons. The first kappa shape index (κ1) is 14.3. The summed E-state index contributed by atoms with van der Waals surface area (Å²) in [5, 5.41) is 63.8. The van der Waals surface area contributed by atoms with Crippen molar-refractivity contribution >= 4 is 5.97 Å². The van der Waals surface area contributed by atoms with Gasteiger partial charge in [0.15, 0.2) is 12.4 Å². The number of ether oxygens (including phenoxy) is 1. The summed E-state index contributed by atoms with van der Waals surface area (Å²) in [7, 11) is 0. The van der Waals surface area contributed by atoms with Crippen LogP contribution in [-0.4, -0.2) is 84.6 Å². The molecule has 0 aromatic carbocycles. The van der Waals surface area contributed by atoms with Crippen LogP contribution in [0.3, 0.4) is 0 Å². The lowest BCUT2D eigenvalue weighted by Crippen LogP contribution is -2.62. The molecule has 0 aliphatic carbocycles. The van der Waals surface area contributed by atoms with Crippen molar-refractivity contribution in [3.63, 3.8) is 0 Å². The molecule has 9 nitrogen and oxygen atoms in total. The van der Waals surface area contributed by atoms with Crippen molar-refractivity contribution in [3.8, 4) is 0 Å². The summed E-state index contributed by atoms with van der Waals surface area (Å²) < 4.78 is 4.54. The molecule has 1 fully saturated rings. The second-order valence-electron chi connectivity index (χ2n) is 3.74. The average molecular weight is 254 g/mol. The zero-order chi connectivity index (χ0) is 13.3. The van der Waals surface area contributed by atoms with E-state index in [4.69, 9.17) is 20.4 Å². The molecule has 0 spiro atoms. The Labute approximate surface area is 95.1 Å². The van der Waals surface area contributed by atoms with Crippen LogP contribution in [-0.2, 0) is 9.53 Å². The summed E-state index contributed by atoms with van der Waals surface area (Å²) in [5.41, 5.74) is 0. The Morgan fingerprint density at radius 2 is 1.53 bits per heavy atom. The molecule has 0 aromatic rings. The minimum atomic E-state index is -2.26. The maximum atomic E-state index is 10.4. The fourth-order valence-electron chi connectivity index (χ4n) is 1.50. The molecule has 1 unspecified atom stereocenters. The monoisotopic (exact) mass is 254 g/mol. The summed E-state index contributed by atoms with van der Waals surface area (Å²) in [4.78, 5) is 10.4. The standard InChI is InChI=1S/C8H14O9/c9-1-2(10)6(17-8(16)5(1)13)3(11)4(12)7(14)15/h1-6,8-13,16H,(H,14,15)/t1-,2-,3+,4+,5-,6-,8?/m0/s1. The first-order valence-electron chi connectivity index (χ1n) is 4.74. The van der Waals surface area contributed by atoms with Gasteiger partial charge in [-0.2, -0.15) is 0 Å². The van der Waals surface area contributed by atoms with E-state index in [-0.39, 0.29) is 0 Å². The van der Waals surface area contributed by atoms with E-state index < -0.39 is 48.9 Å². The number of rotatable bonds is 3. The smallest absolute Gasteiger partial charge is 0.335 e. The summed E-state index contributed by atoms with van der Waals surface area (Å²) in [5.74, 6) is -1.76. The van der Waals surface area contributed by atoms with Crippen LogP contribution in [0.4, 0.5) is 0 Å². The van der Waals surface area contributed by atoms with Crippen LogP contribution in [0.25, 0.3) is 0 Å². The molecule has 1 heterocycles. The molecule has 1 aliphatic rings. The molecule has 17 heavy (non-hydrogen) atoms. The van der Waals surface area contributed by atoms with Gasteiger partial charge in [0, 0.05) is 0 Å². The van der Waals surface area contributed by atoms with Crippen molar-refractivity contribution in [1.29, 1.82) is 0 Å². The Morgan fingerprint density at radius 3 is 2.00 bits per heavy atom. The van der Waals surface area contributed by atoms with Gasteiger partial charge in [0.25, 0.3) is 0 Å². The second-order valence-corrected chi connectivity index (χ2v) is 3.74. The molecule has 0 bridgehead atoms. The Bertz CT molecular complexity index is 282. The van der Waals surface area contributed by atoms with Gasteiger partial charge in [0.05, 0.1) is 0 Å². The van der Waals surface area contributed by atoms with E-state index >= 15 is 0 Å². The lowest BCUT2D eigenvalue weighted by Gasteiger charge is -2.40. The van der Waals surface area contributed by atoms with Gasteiger partial charge < -0.3 is 40.5 Å². The average Bonchev–Trinajstić information content (AvgIpc) is 2.29. The van der Waals surface area contributed by atoms with Crippen molar-refractivity contribution < 1.29 is 45.3 Å². The van der Waals surface area contributed by atoms with Crippen LogP contribution in [0, 0.1) is 0 Å².